The van der Waals surface area contributed by atoms with Crippen molar-refractivity contribution in [3.05, 3.63) is 69.1 Å². The maximum atomic E-state index is 13.4. The fourth-order valence-corrected chi connectivity index (χ4v) is 4.99. The maximum Gasteiger partial charge on any atom is 0.495 e. The third kappa shape index (κ3) is 7.70. The van der Waals surface area contributed by atoms with E-state index in [1.165, 1.54) is 41.2 Å². The topological polar surface area (TPSA) is 103 Å². The van der Waals surface area contributed by atoms with Crippen molar-refractivity contribution in [1.29, 1.82) is 0 Å². The number of carbonyl (C=O) groups excluding carboxylic acids is 2. The number of nitrogens with one attached hydrogen (secondary N) is 1. The van der Waals surface area contributed by atoms with Gasteiger partial charge in [0, 0.05) is 31.0 Å². The van der Waals surface area contributed by atoms with E-state index >= 15 is 0 Å². The first-order valence-electron chi connectivity index (χ1n) is 12.0. The zero-order valence-corrected chi connectivity index (χ0v) is 20.9. The fourth-order valence-electron chi connectivity index (χ4n) is 4.02. The Labute approximate surface area is 219 Å². The largest absolute Gasteiger partial charge is 0.495 e. The number of rotatable bonds is 9. The number of nitrogens with zero attached hydrogens (tertiary/aromatic N) is 3. The summed E-state index contributed by atoms with van der Waals surface area (Å²) in [6.45, 7) is 0.923. The summed E-state index contributed by atoms with van der Waals surface area (Å²) in [5.41, 5.74) is 2.75. The molecule has 13 heteroatoms. The van der Waals surface area contributed by atoms with Gasteiger partial charge in [-0.15, -0.1) is 21.5 Å². The Bertz CT molecular complexity index is 1270. The van der Waals surface area contributed by atoms with Gasteiger partial charge in [0.25, 0.3) is 0 Å². The van der Waals surface area contributed by atoms with E-state index in [1.54, 1.807) is 0 Å². The van der Waals surface area contributed by atoms with Crippen molar-refractivity contribution >= 4 is 29.1 Å². The quantitative estimate of drug-likeness (QED) is 0.228. The highest BCUT2D eigenvalue weighted by molar-refractivity contribution is 7.11. The highest BCUT2D eigenvalue weighted by atomic mass is 32.1. The van der Waals surface area contributed by atoms with E-state index in [4.69, 9.17) is 0 Å². The van der Waals surface area contributed by atoms with Gasteiger partial charge in [-0.1, -0.05) is 18.2 Å². The molecule has 202 valence electrons. The van der Waals surface area contributed by atoms with Crippen molar-refractivity contribution in [3.8, 4) is 0 Å². The molecule has 1 N–H and O–H groups in total. The Morgan fingerprint density at radius 1 is 1.03 bits per heavy atom. The second-order valence-corrected chi connectivity index (χ2v) is 9.91. The van der Waals surface area contributed by atoms with Crippen LogP contribution in [0.5, 0.6) is 0 Å². The number of aromatic nitrogens is 3. The van der Waals surface area contributed by atoms with Gasteiger partial charge in [-0.3, -0.25) is 0 Å². The predicted molar refractivity (Wildman–Crippen MR) is 129 cm³/mol. The van der Waals surface area contributed by atoms with E-state index in [9.17, 15) is 27.2 Å². The number of alkyl halides is 3. The van der Waals surface area contributed by atoms with E-state index < -0.39 is 36.3 Å². The minimum atomic E-state index is -5.30. The zero-order valence-electron chi connectivity index (χ0n) is 20.1. The molecular formula is C25H24F4N4O4S. The molecule has 0 amide bonds. The number of fused-ring (bicyclic) bond motifs is 1. The smallest absolute Gasteiger partial charge is 0.370 e. The van der Waals surface area contributed by atoms with E-state index in [0.29, 0.717) is 17.0 Å². The van der Waals surface area contributed by atoms with Crippen molar-refractivity contribution in [3.63, 3.8) is 0 Å². The third-order valence-electron chi connectivity index (χ3n) is 5.90. The minimum Gasteiger partial charge on any atom is -0.370 e. The second-order valence-electron chi connectivity index (χ2n) is 8.76. The van der Waals surface area contributed by atoms with Crippen molar-refractivity contribution in [2.24, 2.45) is 0 Å². The first kappa shape index (κ1) is 27.4. The maximum absolute atomic E-state index is 13.4. The van der Waals surface area contributed by atoms with Gasteiger partial charge < -0.3 is 5.32 Å². The van der Waals surface area contributed by atoms with Crippen LogP contribution in [0.25, 0.3) is 0 Å². The first-order valence-corrected chi connectivity index (χ1v) is 12.8. The molecule has 4 rings (SSSR count). The van der Waals surface area contributed by atoms with Crippen LogP contribution in [-0.2, 0) is 45.0 Å². The summed E-state index contributed by atoms with van der Waals surface area (Å²) in [7, 11) is 0. The Hall–Kier alpha value is -3.61. The van der Waals surface area contributed by atoms with Crippen LogP contribution in [0.4, 0.5) is 23.4 Å². The molecule has 1 atom stereocenters. The highest BCUT2D eigenvalue weighted by Gasteiger charge is 2.43. The van der Waals surface area contributed by atoms with Crippen LogP contribution in [0.1, 0.15) is 52.0 Å². The van der Waals surface area contributed by atoms with Gasteiger partial charge in [-0.25, -0.2) is 28.7 Å². The molecule has 0 fully saturated rings. The van der Waals surface area contributed by atoms with Crippen LogP contribution < -0.4 is 5.32 Å². The molecule has 1 unspecified atom stereocenters. The van der Waals surface area contributed by atoms with Crippen LogP contribution in [0.3, 0.4) is 0 Å². The lowest BCUT2D eigenvalue weighted by atomic mass is 9.93. The summed E-state index contributed by atoms with van der Waals surface area (Å²) in [6, 6.07) is 9.46. The summed E-state index contributed by atoms with van der Waals surface area (Å²) in [6.07, 6.45) is -1.16. The standard InChI is InChI=1S/C25H24F4N4O4S/c26-18-9-6-15(7-10-18)17(14-22(34)36-37-24(35)25(27,28)29)13-21-33-32-20(38-21)5-1-4-19-11-8-16-3-2-12-30-23(16)31-19/h6-11,17H,1-5,12-14H2,(H,30,31). The van der Waals surface area contributed by atoms with Gasteiger partial charge in [0.05, 0.1) is 6.42 Å². The minimum absolute atomic E-state index is 0.198. The molecule has 0 saturated carbocycles. The van der Waals surface area contributed by atoms with Gasteiger partial charge in [-0.2, -0.15) is 13.2 Å². The molecule has 3 aromatic rings. The Morgan fingerprint density at radius 3 is 2.55 bits per heavy atom. The number of anilines is 1. The van der Waals surface area contributed by atoms with Crippen molar-refractivity contribution in [1.82, 2.24) is 15.2 Å². The number of hydrogen-bond acceptors (Lipinski definition) is 9. The van der Waals surface area contributed by atoms with Gasteiger partial charge in [0.2, 0.25) is 0 Å². The number of benzene rings is 1. The summed E-state index contributed by atoms with van der Waals surface area (Å²) in [5.74, 6) is -3.99. The Kier molecular flexibility index (Phi) is 8.87. The molecular weight excluding hydrogens is 528 g/mol. The Morgan fingerprint density at radius 2 is 1.79 bits per heavy atom. The van der Waals surface area contributed by atoms with Crippen molar-refractivity contribution < 1.29 is 36.9 Å². The molecule has 1 aliphatic heterocycles. The third-order valence-corrected chi connectivity index (χ3v) is 6.91. The van der Waals surface area contributed by atoms with E-state index in [-0.39, 0.29) is 6.42 Å². The Balaban J connectivity index is 1.34. The lowest BCUT2D eigenvalue weighted by Gasteiger charge is -2.17. The van der Waals surface area contributed by atoms with E-state index in [1.807, 2.05) is 6.07 Å². The number of hydrogen-bond donors (Lipinski definition) is 1. The molecule has 0 spiro atoms. The van der Waals surface area contributed by atoms with E-state index in [0.717, 1.165) is 48.7 Å². The second kappa shape index (κ2) is 12.3. The van der Waals surface area contributed by atoms with Crippen LogP contribution in [-0.4, -0.2) is 39.8 Å². The molecule has 3 heterocycles. The van der Waals surface area contributed by atoms with Gasteiger partial charge in [0.15, 0.2) is 0 Å². The highest BCUT2D eigenvalue weighted by Crippen LogP contribution is 2.28. The van der Waals surface area contributed by atoms with Crippen molar-refractivity contribution in [2.45, 2.75) is 57.0 Å². The lowest BCUT2D eigenvalue weighted by Crippen LogP contribution is -2.27. The van der Waals surface area contributed by atoms with Crippen LogP contribution in [0.15, 0.2) is 36.4 Å². The predicted octanol–water partition coefficient (Wildman–Crippen LogP) is 4.89. The summed E-state index contributed by atoms with van der Waals surface area (Å²) in [5, 5.41) is 13.1. The number of halogens is 4. The SMILES string of the molecule is O=C(CC(Cc1nnc(CCCc2ccc3c(n2)NCCC3)s1)c1ccc(F)cc1)OOC(=O)C(F)(F)F. The van der Waals surface area contributed by atoms with Gasteiger partial charge >= 0.3 is 18.1 Å². The molecule has 38 heavy (non-hydrogen) atoms. The zero-order chi connectivity index (χ0) is 27.1. The average molecular weight is 553 g/mol. The molecule has 0 aliphatic carbocycles. The first-order chi connectivity index (χ1) is 18.2. The summed E-state index contributed by atoms with van der Waals surface area (Å²) < 4.78 is 50.3. The van der Waals surface area contributed by atoms with Crippen molar-refractivity contribution in [2.75, 3.05) is 11.9 Å². The molecule has 1 aliphatic rings. The van der Waals surface area contributed by atoms with Crippen LogP contribution in [0, 0.1) is 5.82 Å². The molecule has 2 aromatic heterocycles. The number of aryl methyl sites for hydroxylation is 3. The normalized spacial score (nSPS) is 13.8. The monoisotopic (exact) mass is 552 g/mol. The fraction of sp³-hybridized carbons (Fsp3) is 0.400. The molecule has 0 radical (unpaired) electrons. The average Bonchev–Trinajstić information content (AvgIpc) is 3.33. The molecule has 0 bridgehead atoms. The van der Waals surface area contributed by atoms with Gasteiger partial charge in [-0.05, 0) is 55.0 Å². The lowest BCUT2D eigenvalue weighted by molar-refractivity contribution is -0.286. The summed E-state index contributed by atoms with van der Waals surface area (Å²) >= 11 is 1.35. The van der Waals surface area contributed by atoms with Crippen LogP contribution >= 0.6 is 11.3 Å². The molecule has 8 nitrogen and oxygen atoms in total. The van der Waals surface area contributed by atoms with Gasteiger partial charge in [0.1, 0.15) is 21.7 Å². The molecule has 0 saturated heterocycles. The number of pyridine rings is 1. The van der Waals surface area contributed by atoms with Crippen LogP contribution in [0.2, 0.25) is 0 Å². The molecule has 1 aromatic carbocycles. The summed E-state index contributed by atoms with van der Waals surface area (Å²) in [4.78, 5) is 35.2. The van der Waals surface area contributed by atoms with E-state index in [2.05, 4.69) is 36.3 Å². The number of carbonyl (C=O) groups is 2.